The first-order chi connectivity index (χ1) is 14.0. The molecule has 0 saturated carbocycles. The molecule has 30 heavy (non-hydrogen) atoms. The third-order valence-electron chi connectivity index (χ3n) is 5.43. The van der Waals surface area contributed by atoms with Gasteiger partial charge in [-0.1, -0.05) is 17.7 Å². The molecule has 2 unspecified atom stereocenters. The van der Waals surface area contributed by atoms with E-state index in [9.17, 15) is 19.2 Å². The highest BCUT2D eigenvalue weighted by molar-refractivity contribution is 6.46. The van der Waals surface area contributed by atoms with Gasteiger partial charge in [-0.15, -0.1) is 0 Å². The molecule has 2 amide bonds. The number of ether oxygens (including phenoxy) is 1. The highest BCUT2D eigenvalue weighted by atomic mass is 16.5. The number of anilines is 1. The lowest BCUT2D eigenvalue weighted by atomic mass is 9.92. The molecule has 0 bridgehead atoms. The number of amides is 2. The molecule has 160 valence electrons. The van der Waals surface area contributed by atoms with Gasteiger partial charge in [-0.05, 0) is 53.2 Å². The van der Waals surface area contributed by atoms with Crippen molar-refractivity contribution in [2.75, 3.05) is 11.5 Å². The number of nitrogens with zero attached hydrogens (tertiary/aromatic N) is 3. The maximum Gasteiger partial charge on any atom is 0.355 e. The molecule has 1 aromatic rings. The molecule has 1 aromatic carbocycles. The van der Waals surface area contributed by atoms with Gasteiger partial charge in [-0.25, -0.2) is 9.69 Å². The van der Waals surface area contributed by atoms with Crippen LogP contribution in [0.2, 0.25) is 0 Å². The molecular weight excluding hydrogens is 386 g/mol. The van der Waals surface area contributed by atoms with Crippen LogP contribution in [0.25, 0.3) is 0 Å². The smallest absolute Gasteiger partial charge is 0.355 e. The lowest BCUT2D eigenvalue weighted by Crippen LogP contribution is -2.50. The molecule has 0 N–H and O–H groups in total. The summed E-state index contributed by atoms with van der Waals surface area (Å²) in [5.74, 6) is -2.85. The van der Waals surface area contributed by atoms with Crippen molar-refractivity contribution < 1.29 is 23.9 Å². The normalized spacial score (nSPS) is 21.1. The Balaban J connectivity index is 2.09. The summed E-state index contributed by atoms with van der Waals surface area (Å²) in [5, 5.41) is 5.78. The van der Waals surface area contributed by atoms with Crippen molar-refractivity contribution in [2.24, 2.45) is 11.0 Å². The number of aryl methyl sites for hydroxylation is 2. The highest BCUT2D eigenvalue weighted by Crippen LogP contribution is 2.40. The van der Waals surface area contributed by atoms with E-state index in [1.807, 2.05) is 26.0 Å². The third kappa shape index (κ3) is 3.51. The second-order valence-electron chi connectivity index (χ2n) is 8.47. The summed E-state index contributed by atoms with van der Waals surface area (Å²) in [6.45, 7) is 10.5. The zero-order valence-corrected chi connectivity index (χ0v) is 18.2. The number of rotatable bonds is 6. The van der Waals surface area contributed by atoms with Gasteiger partial charge in [0, 0.05) is 6.42 Å². The van der Waals surface area contributed by atoms with E-state index >= 15 is 0 Å². The van der Waals surface area contributed by atoms with E-state index in [0.717, 1.165) is 16.0 Å². The van der Waals surface area contributed by atoms with Gasteiger partial charge in [0.15, 0.2) is 5.71 Å². The molecule has 3 rings (SSSR count). The average molecular weight is 413 g/mol. The highest BCUT2D eigenvalue weighted by Gasteiger charge is 2.61. The van der Waals surface area contributed by atoms with E-state index in [-0.39, 0.29) is 24.5 Å². The Bertz CT molecular complexity index is 966. The van der Waals surface area contributed by atoms with Crippen LogP contribution in [0.4, 0.5) is 5.69 Å². The predicted molar refractivity (Wildman–Crippen MR) is 111 cm³/mol. The van der Waals surface area contributed by atoms with Crippen LogP contribution in [0.15, 0.2) is 23.3 Å². The number of esters is 1. The van der Waals surface area contributed by atoms with Gasteiger partial charge in [-0.2, -0.15) is 5.10 Å². The quantitative estimate of drug-likeness (QED) is 0.524. The van der Waals surface area contributed by atoms with Crippen LogP contribution in [0.1, 0.15) is 45.2 Å². The van der Waals surface area contributed by atoms with Gasteiger partial charge in [-0.3, -0.25) is 19.4 Å². The zero-order valence-electron chi connectivity index (χ0n) is 18.2. The molecular formula is C22H27N3O5. The summed E-state index contributed by atoms with van der Waals surface area (Å²) < 4.78 is 5.09. The van der Waals surface area contributed by atoms with Crippen molar-refractivity contribution in [1.29, 1.82) is 0 Å². The molecule has 0 spiro atoms. The van der Waals surface area contributed by atoms with Crippen molar-refractivity contribution in [3.8, 4) is 0 Å². The van der Waals surface area contributed by atoms with E-state index in [1.165, 1.54) is 11.9 Å². The average Bonchev–Trinajstić information content (AvgIpc) is 3.13. The summed E-state index contributed by atoms with van der Waals surface area (Å²) in [6, 6.07) is 4.46. The van der Waals surface area contributed by atoms with Crippen molar-refractivity contribution in [3.63, 3.8) is 0 Å². The van der Waals surface area contributed by atoms with Gasteiger partial charge in [0.05, 0.1) is 17.8 Å². The van der Waals surface area contributed by atoms with Gasteiger partial charge >= 0.3 is 5.97 Å². The van der Waals surface area contributed by atoms with Crippen LogP contribution in [-0.4, -0.2) is 52.5 Å². The van der Waals surface area contributed by atoms with Crippen LogP contribution < -0.4 is 4.90 Å². The third-order valence-corrected chi connectivity index (χ3v) is 5.43. The molecule has 2 aliphatic rings. The van der Waals surface area contributed by atoms with Crippen molar-refractivity contribution in [1.82, 2.24) is 5.01 Å². The zero-order chi connectivity index (χ0) is 22.4. The van der Waals surface area contributed by atoms with E-state index < -0.39 is 35.3 Å². The Morgan fingerprint density at radius 2 is 1.83 bits per heavy atom. The number of hydrogen-bond acceptors (Lipinski definition) is 7. The Labute approximate surface area is 175 Å². The number of imide groups is 1. The Morgan fingerprint density at radius 1 is 1.17 bits per heavy atom. The summed E-state index contributed by atoms with van der Waals surface area (Å²) in [7, 11) is 0. The number of hydrazone groups is 1. The number of Topliss-reactive ketones (excluding diaryl/α,β-unsaturated/α-hetero) is 1. The molecule has 0 aliphatic carbocycles. The Morgan fingerprint density at radius 3 is 2.40 bits per heavy atom. The van der Waals surface area contributed by atoms with Gasteiger partial charge < -0.3 is 4.74 Å². The standard InChI is InChI=1S/C22H27N3O5/c1-7-30-21(29)17-16-18(25(23-17)22(5,6)11-14(4)26)20(28)24(19(16)27)15-9-8-12(2)10-13(15)3/h8-10,16,18H,7,11H2,1-6H3. The molecule has 8 heteroatoms. The van der Waals surface area contributed by atoms with E-state index in [0.29, 0.717) is 5.69 Å². The predicted octanol–water partition coefficient (Wildman–Crippen LogP) is 2.15. The molecule has 1 saturated heterocycles. The SMILES string of the molecule is CCOC(=O)C1=NN(C(C)(C)CC(C)=O)C2C(=O)N(c3ccc(C)cc3C)C(=O)C12. The van der Waals surface area contributed by atoms with Gasteiger partial charge in [0.2, 0.25) is 5.91 Å². The van der Waals surface area contributed by atoms with Gasteiger partial charge in [0.25, 0.3) is 5.91 Å². The maximum absolute atomic E-state index is 13.5. The number of carbonyl (C=O) groups excluding carboxylic acids is 4. The number of carbonyl (C=O) groups is 4. The first-order valence-corrected chi connectivity index (χ1v) is 9.99. The van der Waals surface area contributed by atoms with Crippen LogP contribution in [-0.2, 0) is 23.9 Å². The van der Waals surface area contributed by atoms with Crippen LogP contribution in [0.5, 0.6) is 0 Å². The molecule has 0 aromatic heterocycles. The van der Waals surface area contributed by atoms with E-state index in [4.69, 9.17) is 4.74 Å². The second-order valence-corrected chi connectivity index (χ2v) is 8.47. The fourth-order valence-corrected chi connectivity index (χ4v) is 4.28. The van der Waals surface area contributed by atoms with E-state index in [1.54, 1.807) is 26.8 Å². The fraction of sp³-hybridized carbons (Fsp3) is 0.500. The number of hydrogen-bond donors (Lipinski definition) is 0. The lowest BCUT2D eigenvalue weighted by Gasteiger charge is -2.36. The number of ketones is 1. The van der Waals surface area contributed by atoms with Crippen LogP contribution in [0.3, 0.4) is 0 Å². The number of fused-ring (bicyclic) bond motifs is 1. The molecule has 1 fully saturated rings. The summed E-state index contributed by atoms with van der Waals surface area (Å²) in [4.78, 5) is 52.3. The molecule has 2 heterocycles. The largest absolute Gasteiger partial charge is 0.461 e. The molecule has 8 nitrogen and oxygen atoms in total. The summed E-state index contributed by atoms with van der Waals surface area (Å²) >= 11 is 0. The van der Waals surface area contributed by atoms with Crippen molar-refractivity contribution in [3.05, 3.63) is 29.3 Å². The first kappa shape index (κ1) is 21.7. The lowest BCUT2D eigenvalue weighted by molar-refractivity contribution is -0.136. The van der Waals surface area contributed by atoms with Crippen molar-refractivity contribution in [2.45, 2.75) is 59.5 Å². The van der Waals surface area contributed by atoms with Crippen LogP contribution in [0, 0.1) is 19.8 Å². The van der Waals surface area contributed by atoms with Crippen LogP contribution >= 0.6 is 0 Å². The molecule has 2 aliphatic heterocycles. The van der Waals surface area contributed by atoms with E-state index in [2.05, 4.69) is 5.10 Å². The first-order valence-electron chi connectivity index (χ1n) is 9.99. The minimum Gasteiger partial charge on any atom is -0.461 e. The summed E-state index contributed by atoms with van der Waals surface area (Å²) in [5.41, 5.74) is 1.31. The monoisotopic (exact) mass is 413 g/mol. The maximum atomic E-state index is 13.5. The molecule has 0 radical (unpaired) electrons. The minimum atomic E-state index is -1.07. The Hall–Kier alpha value is -3.03. The topological polar surface area (TPSA) is 96.3 Å². The Kier molecular flexibility index (Phi) is 5.54. The van der Waals surface area contributed by atoms with Gasteiger partial charge in [0.1, 0.15) is 17.7 Å². The second kappa shape index (κ2) is 7.66. The molecule has 2 atom stereocenters. The number of benzene rings is 1. The minimum absolute atomic E-state index is 0.0839. The fourth-order valence-electron chi connectivity index (χ4n) is 4.28. The summed E-state index contributed by atoms with van der Waals surface area (Å²) in [6.07, 6.45) is 0.112. The van der Waals surface area contributed by atoms with Crippen molar-refractivity contribution >= 4 is 35.0 Å².